The second kappa shape index (κ2) is 9.21. The zero-order valence-electron chi connectivity index (χ0n) is 15.5. The minimum Gasteiger partial charge on any atom is -0.494 e. The minimum absolute atomic E-state index is 0.325. The molecule has 7 nitrogen and oxygen atoms in total. The maximum atomic E-state index is 12.1. The van der Waals surface area contributed by atoms with E-state index in [9.17, 15) is 9.59 Å². The van der Waals surface area contributed by atoms with E-state index in [0.29, 0.717) is 29.8 Å². The third-order valence-electron chi connectivity index (χ3n) is 4.51. The van der Waals surface area contributed by atoms with E-state index in [1.165, 1.54) is 12.8 Å². The molecule has 1 aliphatic rings. The normalized spacial score (nSPS) is 14.1. The number of carbonyl (C=O) groups is 2. The molecule has 0 saturated heterocycles. The largest absolute Gasteiger partial charge is 0.494 e. The van der Waals surface area contributed by atoms with Gasteiger partial charge >= 0.3 is 5.97 Å². The maximum Gasteiger partial charge on any atom is 0.338 e. The first-order chi connectivity index (χ1) is 13.2. The fourth-order valence-corrected chi connectivity index (χ4v) is 3.15. The van der Waals surface area contributed by atoms with Gasteiger partial charge in [0, 0.05) is 6.07 Å². The molecule has 1 heterocycles. The highest BCUT2D eigenvalue weighted by atomic mass is 16.5. The maximum absolute atomic E-state index is 12.1. The molecule has 27 heavy (non-hydrogen) atoms. The van der Waals surface area contributed by atoms with E-state index >= 15 is 0 Å². The summed E-state index contributed by atoms with van der Waals surface area (Å²) in [6.07, 6.45) is 7.07. The van der Waals surface area contributed by atoms with Gasteiger partial charge in [0.05, 0.1) is 24.4 Å². The number of anilines is 1. The van der Waals surface area contributed by atoms with Gasteiger partial charge in [0.15, 0.2) is 6.61 Å². The van der Waals surface area contributed by atoms with Crippen LogP contribution in [-0.2, 0) is 9.53 Å². The molecule has 1 amide bonds. The van der Waals surface area contributed by atoms with Gasteiger partial charge < -0.3 is 14.8 Å². The monoisotopic (exact) mass is 371 g/mol. The van der Waals surface area contributed by atoms with Crippen molar-refractivity contribution in [2.45, 2.75) is 45.1 Å². The van der Waals surface area contributed by atoms with Crippen LogP contribution in [0, 0.1) is 0 Å². The van der Waals surface area contributed by atoms with E-state index in [1.807, 2.05) is 11.6 Å². The fourth-order valence-electron chi connectivity index (χ4n) is 3.15. The molecule has 0 atom stereocenters. The number of hydrogen-bond donors (Lipinski definition) is 1. The summed E-state index contributed by atoms with van der Waals surface area (Å²) in [6, 6.07) is 8.76. The number of esters is 1. The van der Waals surface area contributed by atoms with E-state index in [1.54, 1.807) is 36.5 Å². The van der Waals surface area contributed by atoms with Crippen LogP contribution in [-0.4, -0.2) is 34.9 Å². The van der Waals surface area contributed by atoms with Crippen molar-refractivity contribution in [1.82, 2.24) is 9.78 Å². The van der Waals surface area contributed by atoms with E-state index in [2.05, 4.69) is 10.4 Å². The topological polar surface area (TPSA) is 82.4 Å². The van der Waals surface area contributed by atoms with Crippen LogP contribution in [0.5, 0.6) is 5.75 Å². The number of nitrogens with one attached hydrogen (secondary N) is 1. The Morgan fingerprint density at radius 3 is 2.63 bits per heavy atom. The Labute approximate surface area is 158 Å². The van der Waals surface area contributed by atoms with Crippen molar-refractivity contribution in [2.24, 2.45) is 0 Å². The third-order valence-corrected chi connectivity index (χ3v) is 4.51. The molecule has 1 aromatic heterocycles. The van der Waals surface area contributed by atoms with Gasteiger partial charge in [-0.2, -0.15) is 5.10 Å². The van der Waals surface area contributed by atoms with Crippen LogP contribution >= 0.6 is 0 Å². The van der Waals surface area contributed by atoms with E-state index in [-0.39, 0.29) is 12.5 Å². The second-order valence-electron chi connectivity index (χ2n) is 6.60. The zero-order chi connectivity index (χ0) is 19.1. The molecule has 3 rings (SSSR count). The summed E-state index contributed by atoms with van der Waals surface area (Å²) in [5.41, 5.74) is 0.377. The number of carbonyl (C=O) groups excluding carboxylic acids is 2. The molecule has 1 saturated carbocycles. The first kappa shape index (κ1) is 18.9. The molecule has 2 aromatic rings. The summed E-state index contributed by atoms with van der Waals surface area (Å²) < 4.78 is 12.4. The number of hydrogen-bond acceptors (Lipinski definition) is 5. The summed E-state index contributed by atoms with van der Waals surface area (Å²) in [6.45, 7) is 2.31. The summed E-state index contributed by atoms with van der Waals surface area (Å²) in [4.78, 5) is 24.2. The Bertz CT molecular complexity index is 764. The molecule has 0 radical (unpaired) electrons. The van der Waals surface area contributed by atoms with E-state index in [0.717, 1.165) is 19.3 Å². The molecule has 1 aliphatic carbocycles. The molecular formula is C20H25N3O4. The Morgan fingerprint density at radius 2 is 1.93 bits per heavy atom. The van der Waals surface area contributed by atoms with Crippen LogP contribution < -0.4 is 10.1 Å². The predicted molar refractivity (Wildman–Crippen MR) is 101 cm³/mol. The van der Waals surface area contributed by atoms with E-state index in [4.69, 9.17) is 9.47 Å². The van der Waals surface area contributed by atoms with Gasteiger partial charge in [-0.05, 0) is 43.5 Å². The lowest BCUT2D eigenvalue weighted by Gasteiger charge is -2.14. The Kier molecular flexibility index (Phi) is 6.46. The smallest absolute Gasteiger partial charge is 0.338 e. The highest BCUT2D eigenvalue weighted by molar-refractivity contribution is 5.95. The lowest BCUT2D eigenvalue weighted by atomic mass is 10.2. The molecule has 0 aliphatic heterocycles. The van der Waals surface area contributed by atoms with Crippen LogP contribution in [0.1, 0.15) is 55.4 Å². The zero-order valence-corrected chi connectivity index (χ0v) is 15.5. The number of rotatable bonds is 8. The molecule has 0 bridgehead atoms. The summed E-state index contributed by atoms with van der Waals surface area (Å²) in [5, 5.41) is 7.08. The van der Waals surface area contributed by atoms with Crippen molar-refractivity contribution in [3.63, 3.8) is 0 Å². The van der Waals surface area contributed by atoms with Gasteiger partial charge in [-0.3, -0.25) is 4.79 Å². The molecule has 7 heteroatoms. The van der Waals surface area contributed by atoms with Crippen LogP contribution in [0.15, 0.2) is 36.5 Å². The highest BCUT2D eigenvalue weighted by Crippen LogP contribution is 2.31. The van der Waals surface area contributed by atoms with Gasteiger partial charge in [-0.15, -0.1) is 0 Å². The number of ether oxygens (including phenoxy) is 2. The summed E-state index contributed by atoms with van der Waals surface area (Å²) >= 11 is 0. The van der Waals surface area contributed by atoms with Crippen molar-refractivity contribution in [2.75, 3.05) is 18.5 Å². The first-order valence-electron chi connectivity index (χ1n) is 9.40. The summed E-state index contributed by atoms with van der Waals surface area (Å²) in [7, 11) is 0. The number of aromatic nitrogens is 2. The van der Waals surface area contributed by atoms with Gasteiger partial charge in [0.2, 0.25) is 0 Å². The van der Waals surface area contributed by atoms with Crippen LogP contribution in [0.25, 0.3) is 0 Å². The molecule has 144 valence electrons. The van der Waals surface area contributed by atoms with Crippen molar-refractivity contribution in [3.8, 4) is 5.75 Å². The molecule has 0 unspecified atom stereocenters. The quantitative estimate of drug-likeness (QED) is 0.717. The van der Waals surface area contributed by atoms with Crippen molar-refractivity contribution < 1.29 is 19.1 Å². The van der Waals surface area contributed by atoms with Gasteiger partial charge in [-0.25, -0.2) is 9.48 Å². The Balaban J connectivity index is 1.49. The SMILES string of the molecule is CCCOc1ccc(C(=O)OCC(=O)Nc2ccnn2C2CCCC2)cc1. The first-order valence-corrected chi connectivity index (χ1v) is 9.40. The predicted octanol–water partition coefficient (Wildman–Crippen LogP) is 3.58. The van der Waals surface area contributed by atoms with E-state index < -0.39 is 5.97 Å². The highest BCUT2D eigenvalue weighted by Gasteiger charge is 2.20. The lowest BCUT2D eigenvalue weighted by Crippen LogP contribution is -2.23. The number of benzene rings is 1. The molecule has 0 spiro atoms. The van der Waals surface area contributed by atoms with Crippen molar-refractivity contribution in [1.29, 1.82) is 0 Å². The standard InChI is InChI=1S/C20H25N3O4/c1-2-13-26-17-9-7-15(8-10-17)20(25)27-14-19(24)22-18-11-12-21-23(18)16-5-3-4-6-16/h7-12,16H,2-6,13-14H2,1H3,(H,22,24). The molecule has 1 N–H and O–H groups in total. The van der Waals surface area contributed by atoms with Gasteiger partial charge in [-0.1, -0.05) is 19.8 Å². The van der Waals surface area contributed by atoms with Crippen molar-refractivity contribution >= 4 is 17.7 Å². The Hall–Kier alpha value is -2.83. The Morgan fingerprint density at radius 1 is 1.19 bits per heavy atom. The third kappa shape index (κ3) is 5.09. The van der Waals surface area contributed by atoms with Crippen LogP contribution in [0.3, 0.4) is 0 Å². The molecule has 1 fully saturated rings. The second-order valence-corrected chi connectivity index (χ2v) is 6.60. The minimum atomic E-state index is -0.545. The van der Waals surface area contributed by atoms with Gasteiger partial charge in [0.25, 0.3) is 5.91 Å². The fraction of sp³-hybridized carbons (Fsp3) is 0.450. The lowest BCUT2D eigenvalue weighted by molar-refractivity contribution is -0.119. The number of nitrogens with zero attached hydrogens (tertiary/aromatic N) is 2. The molecular weight excluding hydrogens is 346 g/mol. The van der Waals surface area contributed by atoms with Crippen LogP contribution in [0.4, 0.5) is 5.82 Å². The van der Waals surface area contributed by atoms with Gasteiger partial charge in [0.1, 0.15) is 11.6 Å². The van der Waals surface area contributed by atoms with Crippen molar-refractivity contribution in [3.05, 3.63) is 42.1 Å². The average Bonchev–Trinajstić information content (AvgIpc) is 3.36. The number of amides is 1. The summed E-state index contributed by atoms with van der Waals surface area (Å²) in [5.74, 6) is 0.411. The van der Waals surface area contributed by atoms with Crippen LogP contribution in [0.2, 0.25) is 0 Å². The molecule has 1 aromatic carbocycles. The average molecular weight is 371 g/mol.